The van der Waals surface area contributed by atoms with Gasteiger partial charge in [-0.2, -0.15) is 11.8 Å². The average molecular weight is 270 g/mol. The zero-order valence-electron chi connectivity index (χ0n) is 10.4. The first-order valence-electron chi connectivity index (χ1n) is 5.66. The molecule has 1 saturated heterocycles. The van der Waals surface area contributed by atoms with Gasteiger partial charge in [0, 0.05) is 32.0 Å². The van der Waals surface area contributed by atoms with Crippen LogP contribution < -0.4 is 10.2 Å². The summed E-state index contributed by atoms with van der Waals surface area (Å²) in [6, 6.07) is 2.62. The number of anilines is 2. The third kappa shape index (κ3) is 2.98. The molecule has 0 bridgehead atoms. The highest BCUT2D eigenvalue weighted by atomic mass is 32.2. The molecule has 17 heavy (non-hydrogen) atoms. The molecule has 2 heterocycles. The number of hydrogen-bond acceptors (Lipinski definition) is 6. The third-order valence-corrected chi connectivity index (χ3v) is 4.64. The van der Waals surface area contributed by atoms with Crippen molar-refractivity contribution in [1.29, 1.82) is 0 Å². The third-order valence-electron chi connectivity index (χ3n) is 2.95. The van der Waals surface area contributed by atoms with E-state index in [0.717, 1.165) is 16.8 Å². The molecular formula is C11H18N4S2. The molecule has 94 valence electrons. The van der Waals surface area contributed by atoms with E-state index < -0.39 is 0 Å². The molecule has 0 saturated carbocycles. The minimum Gasteiger partial charge on any atom is -0.373 e. The van der Waals surface area contributed by atoms with Crippen LogP contribution in [0.3, 0.4) is 0 Å². The number of nitrogens with zero attached hydrogens (tertiary/aromatic N) is 3. The fourth-order valence-corrected chi connectivity index (χ4v) is 3.47. The van der Waals surface area contributed by atoms with Crippen LogP contribution in [-0.4, -0.2) is 47.9 Å². The van der Waals surface area contributed by atoms with Crippen molar-refractivity contribution in [2.45, 2.75) is 17.6 Å². The number of nitrogens with one attached hydrogen (secondary N) is 1. The summed E-state index contributed by atoms with van der Waals surface area (Å²) in [6.45, 7) is 0. The van der Waals surface area contributed by atoms with Gasteiger partial charge in [0.15, 0.2) is 5.16 Å². The van der Waals surface area contributed by atoms with Crippen LogP contribution >= 0.6 is 23.5 Å². The van der Waals surface area contributed by atoms with Crippen LogP contribution in [0.1, 0.15) is 6.42 Å². The molecule has 1 aromatic rings. The van der Waals surface area contributed by atoms with Crippen LogP contribution in [-0.2, 0) is 0 Å². The van der Waals surface area contributed by atoms with Crippen molar-refractivity contribution >= 4 is 35.2 Å². The summed E-state index contributed by atoms with van der Waals surface area (Å²) in [4.78, 5) is 11.2. The van der Waals surface area contributed by atoms with Crippen molar-refractivity contribution < 1.29 is 0 Å². The predicted molar refractivity (Wildman–Crippen MR) is 77.5 cm³/mol. The van der Waals surface area contributed by atoms with Gasteiger partial charge >= 0.3 is 0 Å². The summed E-state index contributed by atoms with van der Waals surface area (Å²) in [6.07, 6.45) is 3.25. The predicted octanol–water partition coefficient (Wildman–Crippen LogP) is 2.18. The molecule has 1 aromatic heterocycles. The van der Waals surface area contributed by atoms with Crippen molar-refractivity contribution in [3.8, 4) is 0 Å². The molecule has 0 aromatic carbocycles. The van der Waals surface area contributed by atoms with E-state index in [1.165, 1.54) is 17.9 Å². The minimum absolute atomic E-state index is 0.606. The van der Waals surface area contributed by atoms with Crippen molar-refractivity contribution in [2.24, 2.45) is 0 Å². The quantitative estimate of drug-likeness (QED) is 0.668. The van der Waals surface area contributed by atoms with E-state index in [4.69, 9.17) is 0 Å². The first-order chi connectivity index (χ1) is 8.24. The Morgan fingerprint density at radius 3 is 2.94 bits per heavy atom. The Bertz CT molecular complexity index is 357. The van der Waals surface area contributed by atoms with Crippen LogP contribution in [0, 0.1) is 0 Å². The summed E-state index contributed by atoms with van der Waals surface area (Å²) >= 11 is 3.60. The van der Waals surface area contributed by atoms with Crippen LogP contribution in [0.25, 0.3) is 0 Å². The lowest BCUT2D eigenvalue weighted by atomic mass is 10.2. The van der Waals surface area contributed by atoms with Gasteiger partial charge in [-0.15, -0.1) is 0 Å². The Morgan fingerprint density at radius 2 is 2.35 bits per heavy atom. The molecule has 1 N–H and O–H groups in total. The van der Waals surface area contributed by atoms with Crippen molar-refractivity contribution in [1.82, 2.24) is 9.97 Å². The van der Waals surface area contributed by atoms with Gasteiger partial charge in [-0.1, -0.05) is 11.8 Å². The number of thioether (sulfide) groups is 2. The lowest BCUT2D eigenvalue weighted by molar-refractivity contribution is 0.686. The lowest BCUT2D eigenvalue weighted by Crippen LogP contribution is -2.32. The lowest BCUT2D eigenvalue weighted by Gasteiger charge is -2.25. The van der Waals surface area contributed by atoms with Crippen LogP contribution in [0.2, 0.25) is 0 Å². The zero-order valence-corrected chi connectivity index (χ0v) is 12.1. The summed E-state index contributed by atoms with van der Waals surface area (Å²) in [7, 11) is 4.02. The molecule has 0 spiro atoms. The zero-order chi connectivity index (χ0) is 12.3. The van der Waals surface area contributed by atoms with E-state index in [-0.39, 0.29) is 0 Å². The van der Waals surface area contributed by atoms with Crippen LogP contribution in [0.4, 0.5) is 11.6 Å². The van der Waals surface area contributed by atoms with Gasteiger partial charge in [0.05, 0.1) is 0 Å². The maximum absolute atomic E-state index is 4.57. The molecule has 4 nitrogen and oxygen atoms in total. The van der Waals surface area contributed by atoms with Gasteiger partial charge in [0.2, 0.25) is 0 Å². The van der Waals surface area contributed by atoms with Gasteiger partial charge in [-0.05, 0) is 18.4 Å². The summed E-state index contributed by atoms with van der Waals surface area (Å²) in [5.41, 5.74) is 0. The van der Waals surface area contributed by atoms with E-state index in [1.54, 1.807) is 11.8 Å². The topological polar surface area (TPSA) is 41.0 Å². The molecule has 1 unspecified atom stereocenters. The number of rotatable bonds is 4. The van der Waals surface area contributed by atoms with Gasteiger partial charge in [-0.25, -0.2) is 9.97 Å². The maximum atomic E-state index is 4.57. The SMILES string of the molecule is CNc1cc(N(C)C2CCSC2)nc(SC)n1. The monoisotopic (exact) mass is 270 g/mol. The van der Waals surface area contributed by atoms with Gasteiger partial charge in [-0.3, -0.25) is 0 Å². The van der Waals surface area contributed by atoms with Crippen molar-refractivity contribution in [3.63, 3.8) is 0 Å². The molecule has 1 aliphatic heterocycles. The first-order valence-corrected chi connectivity index (χ1v) is 8.04. The Labute approximate surface area is 111 Å². The van der Waals surface area contributed by atoms with Gasteiger partial charge < -0.3 is 10.2 Å². The Balaban J connectivity index is 2.23. The Kier molecular flexibility index (Phi) is 4.39. The molecule has 0 aliphatic carbocycles. The highest BCUT2D eigenvalue weighted by Gasteiger charge is 2.21. The largest absolute Gasteiger partial charge is 0.373 e. The Morgan fingerprint density at radius 1 is 1.53 bits per heavy atom. The molecule has 0 radical (unpaired) electrons. The fourth-order valence-electron chi connectivity index (χ4n) is 1.83. The summed E-state index contributed by atoms with van der Waals surface area (Å²) in [5.74, 6) is 4.36. The van der Waals surface area contributed by atoms with Crippen molar-refractivity contribution in [3.05, 3.63) is 6.07 Å². The summed E-state index contributed by atoms with van der Waals surface area (Å²) in [5, 5.41) is 3.91. The minimum atomic E-state index is 0.606. The standard InChI is InChI=1S/C11H18N4S2/c1-12-9-6-10(14-11(13-9)16-3)15(2)8-4-5-17-7-8/h6,8H,4-5,7H2,1-3H3,(H,12,13,14). The number of hydrogen-bond donors (Lipinski definition) is 1. The van der Waals surface area contributed by atoms with E-state index in [0.29, 0.717) is 6.04 Å². The average Bonchev–Trinajstić information content (AvgIpc) is 2.91. The maximum Gasteiger partial charge on any atom is 0.191 e. The normalized spacial score (nSPS) is 19.4. The van der Waals surface area contributed by atoms with E-state index >= 15 is 0 Å². The number of aromatic nitrogens is 2. The molecular weight excluding hydrogens is 252 g/mol. The van der Waals surface area contributed by atoms with Gasteiger partial charge in [0.25, 0.3) is 0 Å². The highest BCUT2D eigenvalue weighted by Crippen LogP contribution is 2.26. The molecule has 1 atom stereocenters. The van der Waals surface area contributed by atoms with E-state index in [9.17, 15) is 0 Å². The second-order valence-corrected chi connectivity index (χ2v) is 5.90. The van der Waals surface area contributed by atoms with Gasteiger partial charge in [0.1, 0.15) is 11.6 Å². The van der Waals surface area contributed by atoms with Crippen molar-refractivity contribution in [2.75, 3.05) is 42.1 Å². The summed E-state index contributed by atoms with van der Waals surface area (Å²) < 4.78 is 0. The molecule has 1 fully saturated rings. The van der Waals surface area contributed by atoms with E-state index in [2.05, 4.69) is 27.2 Å². The molecule has 1 aliphatic rings. The second-order valence-electron chi connectivity index (χ2n) is 3.98. The first kappa shape index (κ1) is 12.8. The second kappa shape index (κ2) is 5.82. The molecule has 6 heteroatoms. The molecule has 2 rings (SSSR count). The van der Waals surface area contributed by atoms with Crippen LogP contribution in [0.5, 0.6) is 0 Å². The Hall–Kier alpha value is -0.620. The highest BCUT2D eigenvalue weighted by molar-refractivity contribution is 7.99. The van der Waals surface area contributed by atoms with E-state index in [1.807, 2.05) is 31.1 Å². The molecule has 0 amide bonds. The smallest absolute Gasteiger partial charge is 0.191 e. The fraction of sp³-hybridized carbons (Fsp3) is 0.636. The van der Waals surface area contributed by atoms with Crippen LogP contribution in [0.15, 0.2) is 11.2 Å².